The summed E-state index contributed by atoms with van der Waals surface area (Å²) in [4.78, 5) is 13.4. The first-order valence-corrected chi connectivity index (χ1v) is 5.46. The number of nitrogens with one attached hydrogen (secondary N) is 1. The summed E-state index contributed by atoms with van der Waals surface area (Å²) < 4.78 is 25.0. The minimum Gasteiger partial charge on any atom is -0.342 e. The first-order chi connectivity index (χ1) is 7.18. The molecule has 86 valence electrons. The third kappa shape index (κ3) is 2.27. The Balaban J connectivity index is 1.88. The maximum Gasteiger partial charge on any atom is 0.243 e. The Morgan fingerprint density at radius 2 is 2.13 bits per heavy atom. The summed E-state index contributed by atoms with van der Waals surface area (Å²) in [5.41, 5.74) is 0. The van der Waals surface area contributed by atoms with E-state index in [1.54, 1.807) is 4.90 Å². The number of hydrogen-bond donors (Lipinski definition) is 1. The molecule has 0 radical (unpaired) electrons. The van der Waals surface area contributed by atoms with Crippen LogP contribution in [0, 0.1) is 11.8 Å². The van der Waals surface area contributed by atoms with Crippen molar-refractivity contribution in [1.29, 1.82) is 0 Å². The zero-order valence-electron chi connectivity index (χ0n) is 8.59. The minimum absolute atomic E-state index is 0.0291. The van der Waals surface area contributed by atoms with E-state index in [1.165, 1.54) is 0 Å². The van der Waals surface area contributed by atoms with Gasteiger partial charge in [0.1, 0.15) is 0 Å². The highest BCUT2D eigenvalue weighted by Crippen LogP contribution is 2.24. The number of nitrogens with zero attached hydrogens (tertiary/aromatic N) is 1. The third-order valence-electron chi connectivity index (χ3n) is 3.26. The summed E-state index contributed by atoms with van der Waals surface area (Å²) in [6.07, 6.45) is -1.04. The predicted octanol–water partition coefficient (Wildman–Crippen LogP) is 0.710. The Kier molecular flexibility index (Phi) is 3.19. The fraction of sp³-hybridized carbons (Fsp3) is 0.900. The molecule has 0 aromatic heterocycles. The second-order valence-electron chi connectivity index (χ2n) is 4.38. The number of carbonyl (C=O) groups is 1. The highest BCUT2D eigenvalue weighted by Gasteiger charge is 2.34. The molecule has 2 fully saturated rings. The third-order valence-corrected chi connectivity index (χ3v) is 3.26. The lowest BCUT2D eigenvalue weighted by atomic mass is 9.95. The molecular formula is C10H16F2N2O. The fourth-order valence-electron chi connectivity index (χ4n) is 2.14. The number of likely N-dealkylation sites (tertiary alicyclic amines) is 1. The molecule has 1 atom stereocenters. The number of hydrogen-bond acceptors (Lipinski definition) is 2. The van der Waals surface area contributed by atoms with Crippen LogP contribution < -0.4 is 5.32 Å². The lowest BCUT2D eigenvalue weighted by Crippen LogP contribution is -2.54. The predicted molar refractivity (Wildman–Crippen MR) is 51.7 cm³/mol. The molecule has 1 unspecified atom stereocenters. The van der Waals surface area contributed by atoms with Crippen LogP contribution in [0.15, 0.2) is 0 Å². The van der Waals surface area contributed by atoms with Crippen molar-refractivity contribution < 1.29 is 13.6 Å². The molecule has 0 aromatic carbocycles. The number of carbonyl (C=O) groups excluding carboxylic acids is 1. The summed E-state index contributed by atoms with van der Waals surface area (Å²) in [5, 5.41) is 3.02. The van der Waals surface area contributed by atoms with Crippen molar-refractivity contribution in [3.8, 4) is 0 Å². The number of alkyl halides is 2. The highest BCUT2D eigenvalue weighted by molar-refractivity contribution is 5.80. The summed E-state index contributed by atoms with van der Waals surface area (Å²) in [6, 6.07) is 0. The molecule has 2 aliphatic heterocycles. The van der Waals surface area contributed by atoms with Gasteiger partial charge in [0.25, 0.3) is 0 Å². The zero-order valence-corrected chi connectivity index (χ0v) is 8.59. The smallest absolute Gasteiger partial charge is 0.243 e. The Labute approximate surface area is 87.8 Å². The second-order valence-corrected chi connectivity index (χ2v) is 4.38. The SMILES string of the molecule is O=C(C1CNC1)N1CCCC(C(F)F)C1. The van der Waals surface area contributed by atoms with Gasteiger partial charge >= 0.3 is 0 Å². The maximum atomic E-state index is 12.5. The molecule has 15 heavy (non-hydrogen) atoms. The Hall–Kier alpha value is -0.710. The van der Waals surface area contributed by atoms with Crippen molar-refractivity contribution in [2.24, 2.45) is 11.8 Å². The molecular weight excluding hydrogens is 202 g/mol. The van der Waals surface area contributed by atoms with Gasteiger partial charge in [-0.25, -0.2) is 8.78 Å². The second kappa shape index (κ2) is 4.43. The normalized spacial score (nSPS) is 27.9. The Bertz CT molecular complexity index is 244. The van der Waals surface area contributed by atoms with Crippen molar-refractivity contribution in [3.63, 3.8) is 0 Å². The van der Waals surface area contributed by atoms with E-state index in [0.29, 0.717) is 32.5 Å². The Morgan fingerprint density at radius 1 is 1.40 bits per heavy atom. The van der Waals surface area contributed by atoms with Crippen molar-refractivity contribution in [2.45, 2.75) is 19.3 Å². The van der Waals surface area contributed by atoms with Crippen LogP contribution in [0.3, 0.4) is 0 Å². The van der Waals surface area contributed by atoms with Gasteiger partial charge in [-0.2, -0.15) is 0 Å². The molecule has 5 heteroatoms. The minimum atomic E-state index is -2.29. The molecule has 0 aromatic rings. The van der Waals surface area contributed by atoms with Crippen LogP contribution in [0.2, 0.25) is 0 Å². The van der Waals surface area contributed by atoms with Crippen molar-refractivity contribution in [3.05, 3.63) is 0 Å². The molecule has 1 N–H and O–H groups in total. The largest absolute Gasteiger partial charge is 0.342 e. The zero-order chi connectivity index (χ0) is 10.8. The summed E-state index contributed by atoms with van der Waals surface area (Å²) in [7, 11) is 0. The van der Waals surface area contributed by atoms with Crippen LogP contribution >= 0.6 is 0 Å². The average Bonchev–Trinajstić information content (AvgIpc) is 2.15. The van der Waals surface area contributed by atoms with Crippen LogP contribution in [-0.4, -0.2) is 43.4 Å². The molecule has 1 amide bonds. The number of rotatable bonds is 2. The van der Waals surface area contributed by atoms with E-state index < -0.39 is 12.3 Å². The molecule has 2 heterocycles. The first-order valence-electron chi connectivity index (χ1n) is 5.46. The van der Waals surface area contributed by atoms with Crippen LogP contribution in [0.5, 0.6) is 0 Å². The molecule has 0 saturated carbocycles. The number of halogens is 2. The molecule has 0 spiro atoms. The topological polar surface area (TPSA) is 32.3 Å². The molecule has 2 saturated heterocycles. The van der Waals surface area contributed by atoms with Gasteiger partial charge in [0, 0.05) is 32.1 Å². The van der Waals surface area contributed by atoms with Gasteiger partial charge < -0.3 is 10.2 Å². The summed E-state index contributed by atoms with van der Waals surface area (Å²) >= 11 is 0. The van der Waals surface area contributed by atoms with E-state index in [0.717, 1.165) is 0 Å². The van der Waals surface area contributed by atoms with Crippen molar-refractivity contribution in [1.82, 2.24) is 10.2 Å². The quantitative estimate of drug-likeness (QED) is 0.740. The van der Waals surface area contributed by atoms with E-state index >= 15 is 0 Å². The lowest BCUT2D eigenvalue weighted by Gasteiger charge is -2.37. The molecule has 0 aliphatic carbocycles. The van der Waals surface area contributed by atoms with Crippen LogP contribution in [0.1, 0.15) is 12.8 Å². The monoisotopic (exact) mass is 218 g/mol. The Morgan fingerprint density at radius 3 is 2.67 bits per heavy atom. The molecule has 3 nitrogen and oxygen atoms in total. The molecule has 2 aliphatic rings. The van der Waals surface area contributed by atoms with E-state index in [2.05, 4.69) is 5.32 Å². The van der Waals surface area contributed by atoms with E-state index in [4.69, 9.17) is 0 Å². The summed E-state index contributed by atoms with van der Waals surface area (Å²) in [6.45, 7) is 2.30. The van der Waals surface area contributed by atoms with Crippen LogP contribution in [0.25, 0.3) is 0 Å². The van der Waals surface area contributed by atoms with Gasteiger partial charge in [-0.15, -0.1) is 0 Å². The van der Waals surface area contributed by atoms with E-state index in [-0.39, 0.29) is 18.4 Å². The van der Waals surface area contributed by atoms with Crippen molar-refractivity contribution >= 4 is 5.91 Å². The number of amides is 1. The average molecular weight is 218 g/mol. The number of piperidine rings is 1. The van der Waals surface area contributed by atoms with E-state index in [1.807, 2.05) is 0 Å². The van der Waals surface area contributed by atoms with Gasteiger partial charge in [0.05, 0.1) is 5.92 Å². The van der Waals surface area contributed by atoms with Gasteiger partial charge in [-0.1, -0.05) is 0 Å². The van der Waals surface area contributed by atoms with Crippen molar-refractivity contribution in [2.75, 3.05) is 26.2 Å². The molecule has 0 bridgehead atoms. The molecule has 2 rings (SSSR count). The van der Waals surface area contributed by atoms with Gasteiger partial charge in [0.2, 0.25) is 12.3 Å². The van der Waals surface area contributed by atoms with Gasteiger partial charge in [-0.3, -0.25) is 4.79 Å². The first kappa shape index (κ1) is 10.8. The van der Waals surface area contributed by atoms with E-state index in [9.17, 15) is 13.6 Å². The van der Waals surface area contributed by atoms with Gasteiger partial charge in [-0.05, 0) is 12.8 Å². The van der Waals surface area contributed by atoms with Crippen LogP contribution in [0.4, 0.5) is 8.78 Å². The summed E-state index contributed by atoms with van der Waals surface area (Å²) in [5.74, 6) is -0.531. The lowest BCUT2D eigenvalue weighted by molar-refractivity contribution is -0.140. The van der Waals surface area contributed by atoms with Gasteiger partial charge in [0.15, 0.2) is 0 Å². The fourth-order valence-corrected chi connectivity index (χ4v) is 2.14. The maximum absolute atomic E-state index is 12.5. The standard InChI is InChI=1S/C10H16F2N2O/c11-9(12)7-2-1-3-14(6-7)10(15)8-4-13-5-8/h7-9,13H,1-6H2. The van der Waals surface area contributed by atoms with Crippen LogP contribution in [-0.2, 0) is 4.79 Å². The highest BCUT2D eigenvalue weighted by atomic mass is 19.3.